The molecule has 2 aromatic rings. The predicted molar refractivity (Wildman–Crippen MR) is 148 cm³/mol. The van der Waals surface area contributed by atoms with Gasteiger partial charge in [-0.2, -0.15) is 8.42 Å². The van der Waals surface area contributed by atoms with Crippen LogP contribution in [0.4, 0.5) is 4.39 Å². The molecule has 0 fully saturated rings. The predicted octanol–water partition coefficient (Wildman–Crippen LogP) is 4.87. The van der Waals surface area contributed by atoms with E-state index in [2.05, 4.69) is 0 Å². The number of methoxy groups -OCH3 is 1. The first-order chi connectivity index (χ1) is 17.2. The molecule has 1 heterocycles. The molecule has 0 saturated heterocycles. The molecule has 3 rings (SSSR count). The molecule has 0 aliphatic carbocycles. The quantitative estimate of drug-likeness (QED) is 0.297. The summed E-state index contributed by atoms with van der Waals surface area (Å²) in [5.74, 6) is -1.01. The molecule has 0 atom stereocenters. The van der Waals surface area contributed by atoms with E-state index in [0.717, 1.165) is 6.26 Å². The molecule has 9 nitrogen and oxygen atoms in total. The standard InChI is InChI=1S/C26H33FN2O7S.BrH/c1-8-34-21-10-15-13-29(25(28)22(15)23(27)24(21)35-9-2)14-18(30)16-11-20(36-37(7,31)32)19(33-6)12-17(16)26(3,4)5;/h10-12,28H,8-9,13-14H2,1-7H3;1H. The number of benzene rings is 2. The second-order valence-corrected chi connectivity index (χ2v) is 11.2. The van der Waals surface area contributed by atoms with E-state index >= 15 is 4.39 Å². The molecular weight excluding hydrogens is 583 g/mol. The Hall–Kier alpha value is -2.86. The van der Waals surface area contributed by atoms with E-state index in [1.54, 1.807) is 26.0 Å². The van der Waals surface area contributed by atoms with Crippen molar-refractivity contribution in [3.63, 3.8) is 0 Å². The summed E-state index contributed by atoms with van der Waals surface area (Å²) in [5, 5.41) is 8.60. The van der Waals surface area contributed by atoms with Crippen molar-refractivity contribution in [1.82, 2.24) is 4.90 Å². The van der Waals surface area contributed by atoms with Crippen LogP contribution in [-0.4, -0.2) is 58.1 Å². The molecule has 0 radical (unpaired) electrons. The van der Waals surface area contributed by atoms with Crippen LogP contribution >= 0.6 is 17.0 Å². The van der Waals surface area contributed by atoms with E-state index in [9.17, 15) is 13.2 Å². The Labute approximate surface area is 233 Å². The van der Waals surface area contributed by atoms with Crippen LogP contribution in [0.25, 0.3) is 0 Å². The molecule has 1 aliphatic rings. The molecule has 0 spiro atoms. The zero-order valence-electron chi connectivity index (χ0n) is 22.6. The molecule has 0 saturated carbocycles. The molecule has 1 N–H and O–H groups in total. The first-order valence-electron chi connectivity index (χ1n) is 11.8. The highest BCUT2D eigenvalue weighted by molar-refractivity contribution is 8.93. The molecule has 12 heteroatoms. The van der Waals surface area contributed by atoms with Crippen molar-refractivity contribution >= 4 is 38.7 Å². The molecule has 0 bridgehead atoms. The minimum Gasteiger partial charge on any atom is -0.493 e. The number of Topliss-reactive ketones (excluding diaryl/α,β-unsaturated/α-hetero) is 1. The van der Waals surface area contributed by atoms with Crippen molar-refractivity contribution < 1.29 is 36.0 Å². The Balaban J connectivity index is 0.00000507. The van der Waals surface area contributed by atoms with Crippen LogP contribution in [0.5, 0.6) is 23.0 Å². The number of nitrogens with zero attached hydrogens (tertiary/aromatic N) is 1. The molecule has 0 amide bonds. The van der Waals surface area contributed by atoms with Crippen molar-refractivity contribution in [2.75, 3.05) is 33.1 Å². The van der Waals surface area contributed by atoms with Crippen LogP contribution in [0.1, 0.15) is 61.7 Å². The summed E-state index contributed by atoms with van der Waals surface area (Å²) in [4.78, 5) is 15.0. The van der Waals surface area contributed by atoms with E-state index in [-0.39, 0.29) is 82.4 Å². The number of hydrogen-bond acceptors (Lipinski definition) is 8. The largest absolute Gasteiger partial charge is 0.493 e. The molecule has 2 aromatic carbocycles. The van der Waals surface area contributed by atoms with E-state index in [1.165, 1.54) is 18.1 Å². The smallest absolute Gasteiger partial charge is 0.306 e. The van der Waals surface area contributed by atoms with Crippen molar-refractivity contribution in [1.29, 1.82) is 5.41 Å². The third kappa shape index (κ3) is 6.58. The molecule has 0 aromatic heterocycles. The Morgan fingerprint density at radius 2 is 1.71 bits per heavy atom. The number of halogens is 2. The Bertz CT molecular complexity index is 1340. The van der Waals surface area contributed by atoms with Gasteiger partial charge in [-0.25, -0.2) is 4.39 Å². The summed E-state index contributed by atoms with van der Waals surface area (Å²) in [7, 11) is -2.51. The fourth-order valence-electron chi connectivity index (χ4n) is 4.22. The highest BCUT2D eigenvalue weighted by Gasteiger charge is 2.34. The first-order valence-corrected chi connectivity index (χ1v) is 13.6. The Kier molecular flexibility index (Phi) is 9.82. The number of amidine groups is 1. The van der Waals surface area contributed by atoms with Gasteiger partial charge in [-0.1, -0.05) is 20.8 Å². The van der Waals surface area contributed by atoms with Crippen LogP contribution in [0, 0.1) is 11.2 Å². The van der Waals surface area contributed by atoms with Gasteiger partial charge in [0.1, 0.15) is 5.84 Å². The van der Waals surface area contributed by atoms with E-state index in [4.69, 9.17) is 23.8 Å². The number of carbonyl (C=O) groups excluding carboxylic acids is 1. The monoisotopic (exact) mass is 616 g/mol. The van der Waals surface area contributed by atoms with Gasteiger partial charge in [0, 0.05) is 12.1 Å². The molecular formula is C26H34BrFN2O7S. The Morgan fingerprint density at radius 1 is 1.08 bits per heavy atom. The Morgan fingerprint density at radius 3 is 2.24 bits per heavy atom. The first kappa shape index (κ1) is 31.4. The van der Waals surface area contributed by atoms with Crippen molar-refractivity contribution in [2.24, 2.45) is 0 Å². The minimum absolute atomic E-state index is 0. The summed E-state index contributed by atoms with van der Waals surface area (Å²) in [6.45, 7) is 9.63. The van der Waals surface area contributed by atoms with Gasteiger partial charge in [0.15, 0.2) is 34.6 Å². The third-order valence-electron chi connectivity index (χ3n) is 5.76. The summed E-state index contributed by atoms with van der Waals surface area (Å²) in [5.41, 5.74) is 0.901. The van der Waals surface area contributed by atoms with Gasteiger partial charge in [-0.05, 0) is 48.6 Å². The van der Waals surface area contributed by atoms with Crippen LogP contribution in [0.15, 0.2) is 18.2 Å². The SMILES string of the molecule is Br.CCOc1cc2c(c(F)c1OCC)C(=N)N(CC(=O)c1cc(OS(C)(=O)=O)c(OC)cc1C(C)(C)C)C2. The van der Waals surface area contributed by atoms with Crippen molar-refractivity contribution in [2.45, 2.75) is 46.6 Å². The molecule has 210 valence electrons. The van der Waals surface area contributed by atoms with E-state index in [0.29, 0.717) is 17.7 Å². The van der Waals surface area contributed by atoms with Gasteiger partial charge in [0.25, 0.3) is 0 Å². The van der Waals surface area contributed by atoms with Crippen LogP contribution in [-0.2, 0) is 22.1 Å². The fraction of sp³-hybridized carbons (Fsp3) is 0.462. The van der Waals surface area contributed by atoms with Crippen LogP contribution < -0.4 is 18.4 Å². The number of ketones is 1. The van der Waals surface area contributed by atoms with Gasteiger partial charge in [-0.15, -0.1) is 17.0 Å². The average Bonchev–Trinajstić information content (AvgIpc) is 3.09. The lowest BCUT2D eigenvalue weighted by Crippen LogP contribution is -2.32. The number of fused-ring (bicyclic) bond motifs is 1. The van der Waals surface area contributed by atoms with Gasteiger partial charge >= 0.3 is 10.1 Å². The number of ether oxygens (including phenoxy) is 3. The number of nitrogens with one attached hydrogen (secondary N) is 1. The summed E-state index contributed by atoms with van der Waals surface area (Å²) in [6.07, 6.45) is 0.899. The maximum absolute atomic E-state index is 15.4. The van der Waals surface area contributed by atoms with Crippen molar-refractivity contribution in [3.05, 3.63) is 46.3 Å². The van der Waals surface area contributed by atoms with Gasteiger partial charge in [0.05, 0.1) is 38.7 Å². The maximum Gasteiger partial charge on any atom is 0.306 e. The second kappa shape index (κ2) is 11.9. The minimum atomic E-state index is -3.89. The van der Waals surface area contributed by atoms with Crippen LogP contribution in [0.2, 0.25) is 0 Å². The summed E-state index contributed by atoms with van der Waals surface area (Å²) >= 11 is 0. The topological polar surface area (TPSA) is 115 Å². The zero-order valence-corrected chi connectivity index (χ0v) is 25.1. The highest BCUT2D eigenvalue weighted by Crippen LogP contribution is 2.40. The molecule has 0 unspecified atom stereocenters. The normalized spacial score (nSPS) is 13.1. The molecule has 38 heavy (non-hydrogen) atoms. The second-order valence-electron chi connectivity index (χ2n) is 9.63. The van der Waals surface area contributed by atoms with Crippen molar-refractivity contribution in [3.8, 4) is 23.0 Å². The maximum atomic E-state index is 15.4. The molecule has 1 aliphatic heterocycles. The van der Waals surface area contributed by atoms with Gasteiger partial charge in [0.2, 0.25) is 0 Å². The van der Waals surface area contributed by atoms with Gasteiger partial charge < -0.3 is 23.3 Å². The average molecular weight is 618 g/mol. The number of hydrogen-bond donors (Lipinski definition) is 1. The lowest BCUT2D eigenvalue weighted by molar-refractivity contribution is 0.0960. The number of carbonyl (C=O) groups is 1. The number of rotatable bonds is 10. The summed E-state index contributed by atoms with van der Waals surface area (Å²) < 4.78 is 60.4. The lowest BCUT2D eigenvalue weighted by Gasteiger charge is -2.25. The van der Waals surface area contributed by atoms with Crippen LogP contribution in [0.3, 0.4) is 0 Å². The zero-order chi connectivity index (χ0) is 27.7. The van der Waals surface area contributed by atoms with E-state index < -0.39 is 21.4 Å². The highest BCUT2D eigenvalue weighted by atomic mass is 79.9. The lowest BCUT2D eigenvalue weighted by atomic mass is 9.82. The fourth-order valence-corrected chi connectivity index (χ4v) is 4.67. The third-order valence-corrected chi connectivity index (χ3v) is 6.24. The van der Waals surface area contributed by atoms with E-state index in [1.807, 2.05) is 20.8 Å². The van der Waals surface area contributed by atoms with Gasteiger partial charge in [-0.3, -0.25) is 10.2 Å². The summed E-state index contributed by atoms with van der Waals surface area (Å²) in [6, 6.07) is 4.56.